The molecule has 5 rings (SSSR count). The number of nitrogens with zero attached hydrogens (tertiary/aromatic N) is 2. The van der Waals surface area contributed by atoms with Gasteiger partial charge >= 0.3 is 0 Å². The molecule has 27 heavy (non-hydrogen) atoms. The Morgan fingerprint density at radius 2 is 1.63 bits per heavy atom. The van der Waals surface area contributed by atoms with Gasteiger partial charge in [0.2, 0.25) is 6.23 Å². The number of hydrogen-bond acceptors (Lipinski definition) is 3. The van der Waals surface area contributed by atoms with E-state index in [9.17, 15) is 0 Å². The minimum atomic E-state index is -0.273. The number of fused-ring (bicyclic) bond motifs is 3. The third-order valence-electron chi connectivity index (χ3n) is 5.05. The molecule has 0 bridgehead atoms. The van der Waals surface area contributed by atoms with Gasteiger partial charge in [-0.15, -0.1) is 0 Å². The second-order valence-corrected chi connectivity index (χ2v) is 7.97. The molecule has 2 heterocycles. The Hall–Kier alpha value is -2.30. The first-order chi connectivity index (χ1) is 13.2. The number of halogens is 2. The first-order valence-corrected chi connectivity index (χ1v) is 9.99. The summed E-state index contributed by atoms with van der Waals surface area (Å²) in [5.74, 6) is 0.923. The first-order valence-electron chi connectivity index (χ1n) is 8.82. The van der Waals surface area contributed by atoms with Crippen molar-refractivity contribution in [1.29, 1.82) is 0 Å². The van der Waals surface area contributed by atoms with Gasteiger partial charge in [0.05, 0.1) is 11.8 Å². The van der Waals surface area contributed by atoms with Crippen LogP contribution >= 0.6 is 27.5 Å². The van der Waals surface area contributed by atoms with E-state index in [1.165, 1.54) is 5.56 Å². The van der Waals surface area contributed by atoms with E-state index in [-0.39, 0.29) is 12.3 Å². The Labute approximate surface area is 171 Å². The Balaban J connectivity index is 1.61. The summed E-state index contributed by atoms with van der Waals surface area (Å²) in [5.41, 5.74) is 4.39. The molecule has 2 aliphatic rings. The number of rotatable bonds is 2. The Bertz CT molecular complexity index is 1030. The standard InChI is InChI=1S/C22H16BrClN2O/c23-18-7-3-1-5-16(18)22-26-20(17-6-2-4-8-21(17)27-22)13-19(25-26)14-9-11-15(24)12-10-14/h1-12,20,22H,13H2/t20-,22+/m0/s1. The van der Waals surface area contributed by atoms with E-state index < -0.39 is 0 Å². The summed E-state index contributed by atoms with van der Waals surface area (Å²) < 4.78 is 7.40. The van der Waals surface area contributed by atoms with Gasteiger partial charge in [0.25, 0.3) is 0 Å². The molecule has 134 valence electrons. The fourth-order valence-corrected chi connectivity index (χ4v) is 4.34. The highest BCUT2D eigenvalue weighted by molar-refractivity contribution is 9.10. The molecule has 0 aromatic heterocycles. The number of para-hydroxylation sites is 1. The van der Waals surface area contributed by atoms with Crippen molar-refractivity contribution in [2.75, 3.05) is 0 Å². The van der Waals surface area contributed by atoms with Crippen molar-refractivity contribution in [3.63, 3.8) is 0 Å². The van der Waals surface area contributed by atoms with Crippen molar-refractivity contribution in [1.82, 2.24) is 5.01 Å². The summed E-state index contributed by atoms with van der Waals surface area (Å²) in [4.78, 5) is 0. The zero-order chi connectivity index (χ0) is 18.4. The smallest absolute Gasteiger partial charge is 0.214 e. The van der Waals surface area contributed by atoms with Crippen LogP contribution in [0.1, 0.15) is 35.4 Å². The molecule has 0 unspecified atom stereocenters. The fourth-order valence-electron chi connectivity index (χ4n) is 3.73. The molecule has 0 N–H and O–H groups in total. The molecular formula is C22H16BrClN2O. The molecule has 2 aliphatic heterocycles. The lowest BCUT2D eigenvalue weighted by molar-refractivity contribution is -0.0195. The summed E-state index contributed by atoms with van der Waals surface area (Å²) >= 11 is 9.72. The highest BCUT2D eigenvalue weighted by atomic mass is 79.9. The van der Waals surface area contributed by atoms with Crippen LogP contribution in [0.25, 0.3) is 0 Å². The maximum atomic E-state index is 6.38. The highest BCUT2D eigenvalue weighted by Gasteiger charge is 2.41. The minimum Gasteiger partial charge on any atom is -0.464 e. The summed E-state index contributed by atoms with van der Waals surface area (Å²) in [6, 6.07) is 24.4. The van der Waals surface area contributed by atoms with E-state index in [2.05, 4.69) is 39.1 Å². The monoisotopic (exact) mass is 438 g/mol. The molecule has 0 aliphatic carbocycles. The average molecular weight is 440 g/mol. The molecule has 3 nitrogen and oxygen atoms in total. The van der Waals surface area contributed by atoms with Crippen LogP contribution in [0.15, 0.2) is 82.4 Å². The normalized spacial score (nSPS) is 20.5. The maximum absolute atomic E-state index is 6.38. The van der Waals surface area contributed by atoms with Crippen molar-refractivity contribution >= 4 is 33.2 Å². The summed E-state index contributed by atoms with van der Waals surface area (Å²) in [7, 11) is 0. The molecule has 3 aromatic carbocycles. The molecule has 5 heteroatoms. The van der Waals surface area contributed by atoms with Crippen LogP contribution in [-0.4, -0.2) is 10.7 Å². The van der Waals surface area contributed by atoms with Gasteiger partial charge in [0.1, 0.15) is 5.75 Å². The molecule has 0 saturated heterocycles. The van der Waals surface area contributed by atoms with E-state index in [0.717, 1.165) is 38.5 Å². The number of hydrogen-bond donors (Lipinski definition) is 0. The van der Waals surface area contributed by atoms with Crippen LogP contribution in [0, 0.1) is 0 Å². The number of ether oxygens (including phenoxy) is 1. The van der Waals surface area contributed by atoms with Crippen molar-refractivity contribution < 1.29 is 4.74 Å². The van der Waals surface area contributed by atoms with Crippen LogP contribution in [0.5, 0.6) is 5.75 Å². The lowest BCUT2D eigenvalue weighted by Gasteiger charge is -2.38. The zero-order valence-electron chi connectivity index (χ0n) is 14.3. The van der Waals surface area contributed by atoms with Crippen LogP contribution in [0.3, 0.4) is 0 Å². The third kappa shape index (κ3) is 2.93. The molecule has 0 amide bonds. The SMILES string of the molecule is Clc1ccc(C2=NN3[C@@H](c4ccccc4Br)Oc4ccccc4[C@@H]3C2)cc1. The number of hydrazone groups is 1. The molecule has 0 radical (unpaired) electrons. The van der Waals surface area contributed by atoms with Gasteiger partial charge in [0, 0.05) is 27.0 Å². The second-order valence-electron chi connectivity index (χ2n) is 6.68. The molecular weight excluding hydrogens is 424 g/mol. The average Bonchev–Trinajstić information content (AvgIpc) is 3.14. The fraction of sp³-hybridized carbons (Fsp3) is 0.136. The van der Waals surface area contributed by atoms with Gasteiger partial charge in [-0.05, 0) is 29.8 Å². The quantitative estimate of drug-likeness (QED) is 0.465. The third-order valence-corrected chi connectivity index (χ3v) is 6.02. The van der Waals surface area contributed by atoms with Crippen LogP contribution in [0.4, 0.5) is 0 Å². The number of benzene rings is 3. The largest absolute Gasteiger partial charge is 0.464 e. The van der Waals surface area contributed by atoms with Crippen molar-refractivity contribution in [2.24, 2.45) is 5.10 Å². The predicted molar refractivity (Wildman–Crippen MR) is 111 cm³/mol. The topological polar surface area (TPSA) is 24.8 Å². The Kier molecular flexibility index (Phi) is 4.18. The van der Waals surface area contributed by atoms with Gasteiger partial charge < -0.3 is 4.74 Å². The van der Waals surface area contributed by atoms with Gasteiger partial charge in [-0.25, -0.2) is 5.01 Å². The Morgan fingerprint density at radius 3 is 2.41 bits per heavy atom. The van der Waals surface area contributed by atoms with Gasteiger partial charge in [0.15, 0.2) is 0 Å². The second kappa shape index (κ2) is 6.70. The summed E-state index contributed by atoms with van der Waals surface area (Å²) in [6.07, 6.45) is 0.563. The molecule has 0 spiro atoms. The van der Waals surface area contributed by atoms with Crippen LogP contribution in [-0.2, 0) is 0 Å². The highest BCUT2D eigenvalue weighted by Crippen LogP contribution is 2.48. The molecule has 0 fully saturated rings. The molecule has 2 atom stereocenters. The maximum Gasteiger partial charge on any atom is 0.214 e. The van der Waals surface area contributed by atoms with Crippen molar-refractivity contribution in [3.8, 4) is 5.75 Å². The zero-order valence-corrected chi connectivity index (χ0v) is 16.7. The lowest BCUT2D eigenvalue weighted by Crippen LogP contribution is -2.33. The van der Waals surface area contributed by atoms with E-state index in [1.807, 2.05) is 54.6 Å². The summed E-state index contributed by atoms with van der Waals surface area (Å²) in [5, 5.41) is 7.79. The van der Waals surface area contributed by atoms with E-state index >= 15 is 0 Å². The summed E-state index contributed by atoms with van der Waals surface area (Å²) in [6.45, 7) is 0. The minimum absolute atomic E-state index is 0.151. The van der Waals surface area contributed by atoms with Gasteiger partial charge in [-0.2, -0.15) is 5.10 Å². The molecule has 3 aromatic rings. The Morgan fingerprint density at radius 1 is 0.926 bits per heavy atom. The van der Waals surface area contributed by atoms with Crippen molar-refractivity contribution in [3.05, 3.63) is 99.0 Å². The van der Waals surface area contributed by atoms with Crippen LogP contribution < -0.4 is 4.74 Å². The lowest BCUT2D eigenvalue weighted by atomic mass is 9.96. The van der Waals surface area contributed by atoms with E-state index in [1.54, 1.807) is 0 Å². The van der Waals surface area contributed by atoms with Gasteiger partial charge in [-0.1, -0.05) is 76.1 Å². The predicted octanol–water partition coefficient (Wildman–Crippen LogP) is 6.34. The van der Waals surface area contributed by atoms with E-state index in [0.29, 0.717) is 0 Å². The van der Waals surface area contributed by atoms with Crippen LogP contribution in [0.2, 0.25) is 5.02 Å². The van der Waals surface area contributed by atoms with Crippen molar-refractivity contribution in [2.45, 2.75) is 18.7 Å². The first kappa shape index (κ1) is 16.8. The molecule has 0 saturated carbocycles. The van der Waals surface area contributed by atoms with Gasteiger partial charge in [-0.3, -0.25) is 0 Å². The van der Waals surface area contributed by atoms with E-state index in [4.69, 9.17) is 21.4 Å².